The summed E-state index contributed by atoms with van der Waals surface area (Å²) in [7, 11) is 2.17. The van der Waals surface area contributed by atoms with Gasteiger partial charge in [-0.05, 0) is 25.6 Å². The summed E-state index contributed by atoms with van der Waals surface area (Å²) in [5, 5.41) is 9.06. The number of nitrogens with zero attached hydrogens (tertiary/aromatic N) is 7. The highest BCUT2D eigenvalue weighted by atomic mass is 15.3. The van der Waals surface area contributed by atoms with Gasteiger partial charge in [-0.15, -0.1) is 5.10 Å². The van der Waals surface area contributed by atoms with Gasteiger partial charge < -0.3 is 14.7 Å². The van der Waals surface area contributed by atoms with Crippen LogP contribution in [0.1, 0.15) is 17.0 Å². The molecule has 5 rings (SSSR count). The molecule has 0 N–H and O–H groups in total. The van der Waals surface area contributed by atoms with E-state index in [-0.39, 0.29) is 0 Å². The molecule has 3 aliphatic rings. The van der Waals surface area contributed by atoms with E-state index in [1.807, 2.05) is 6.92 Å². The lowest BCUT2D eigenvalue weighted by molar-refractivity contribution is 0.308. The van der Waals surface area contributed by atoms with E-state index in [1.54, 1.807) is 6.33 Å². The minimum Gasteiger partial charge on any atom is -0.356 e. The zero-order valence-corrected chi connectivity index (χ0v) is 15.5. The van der Waals surface area contributed by atoms with Gasteiger partial charge in [0.05, 0.1) is 5.69 Å². The normalized spacial score (nSPS) is 25.5. The van der Waals surface area contributed by atoms with Crippen LogP contribution in [-0.4, -0.2) is 64.8 Å². The fraction of sp³-hybridized carbons (Fsp3) is 0.579. The molecule has 5 heterocycles. The fourth-order valence-electron chi connectivity index (χ4n) is 4.59. The molecule has 0 spiro atoms. The molecule has 136 valence electrons. The number of rotatable bonds is 2. The summed E-state index contributed by atoms with van der Waals surface area (Å²) in [6.07, 6.45) is 2.68. The van der Waals surface area contributed by atoms with E-state index in [1.165, 1.54) is 11.3 Å². The number of fused-ring (bicyclic) bond motifs is 2. The van der Waals surface area contributed by atoms with E-state index >= 15 is 0 Å². The van der Waals surface area contributed by atoms with Gasteiger partial charge >= 0.3 is 0 Å². The van der Waals surface area contributed by atoms with Crippen LogP contribution in [0.2, 0.25) is 0 Å². The van der Waals surface area contributed by atoms with Crippen LogP contribution in [0.5, 0.6) is 0 Å². The molecule has 3 aliphatic heterocycles. The van der Waals surface area contributed by atoms with Crippen molar-refractivity contribution in [2.75, 3.05) is 49.6 Å². The fourth-order valence-corrected chi connectivity index (χ4v) is 4.59. The standard InChI is InChI=1S/C19H25N7/c1-13-5-18(21-12-20-13)25-8-15-10-26(11-16(15)9-25)19-6-14-7-24(2)4-3-17(14)22-23-19/h5-6,12,15-16H,3-4,7-11H2,1-2H3. The van der Waals surface area contributed by atoms with Crippen molar-refractivity contribution < 1.29 is 0 Å². The van der Waals surface area contributed by atoms with Crippen molar-refractivity contribution in [1.29, 1.82) is 0 Å². The van der Waals surface area contributed by atoms with Crippen LogP contribution in [-0.2, 0) is 13.0 Å². The molecule has 0 bridgehead atoms. The predicted molar refractivity (Wildman–Crippen MR) is 100 cm³/mol. The summed E-state index contributed by atoms with van der Waals surface area (Å²) in [6, 6.07) is 4.36. The molecule has 2 saturated heterocycles. The van der Waals surface area contributed by atoms with Gasteiger partial charge in [0.1, 0.15) is 12.1 Å². The van der Waals surface area contributed by atoms with E-state index in [0.717, 1.165) is 63.0 Å². The average molecular weight is 351 g/mol. The largest absolute Gasteiger partial charge is 0.356 e. The van der Waals surface area contributed by atoms with Gasteiger partial charge in [0, 0.05) is 69.3 Å². The zero-order chi connectivity index (χ0) is 17.7. The molecule has 7 heteroatoms. The first-order valence-corrected chi connectivity index (χ1v) is 9.48. The Morgan fingerprint density at radius 1 is 0.923 bits per heavy atom. The average Bonchev–Trinajstić information content (AvgIpc) is 3.20. The lowest BCUT2D eigenvalue weighted by Crippen LogP contribution is -2.31. The quantitative estimate of drug-likeness (QED) is 0.804. The highest BCUT2D eigenvalue weighted by molar-refractivity contribution is 5.46. The Bertz CT molecular complexity index is 809. The summed E-state index contributed by atoms with van der Waals surface area (Å²) in [6.45, 7) is 8.35. The molecule has 26 heavy (non-hydrogen) atoms. The molecule has 0 radical (unpaired) electrons. The molecule has 0 saturated carbocycles. The van der Waals surface area contributed by atoms with Gasteiger partial charge in [-0.3, -0.25) is 0 Å². The number of hydrogen-bond acceptors (Lipinski definition) is 7. The molecular weight excluding hydrogens is 326 g/mol. The second-order valence-corrected chi connectivity index (χ2v) is 8.01. The molecule has 0 aromatic carbocycles. The van der Waals surface area contributed by atoms with E-state index < -0.39 is 0 Å². The SMILES string of the molecule is Cc1cc(N2CC3CN(c4cc5c(nn4)CCN(C)C5)CC3C2)ncn1. The van der Waals surface area contributed by atoms with Crippen molar-refractivity contribution in [2.45, 2.75) is 19.9 Å². The Morgan fingerprint density at radius 2 is 1.65 bits per heavy atom. The van der Waals surface area contributed by atoms with E-state index in [2.05, 4.69) is 54.0 Å². The van der Waals surface area contributed by atoms with Crippen molar-refractivity contribution in [2.24, 2.45) is 11.8 Å². The second kappa shape index (κ2) is 6.16. The number of hydrogen-bond donors (Lipinski definition) is 0. The molecule has 2 atom stereocenters. The number of likely N-dealkylation sites (N-methyl/N-ethyl adjacent to an activating group) is 1. The van der Waals surface area contributed by atoms with Crippen molar-refractivity contribution in [3.05, 3.63) is 35.4 Å². The molecule has 7 nitrogen and oxygen atoms in total. The topological polar surface area (TPSA) is 61.3 Å². The predicted octanol–water partition coefficient (Wildman–Crippen LogP) is 1.14. The van der Waals surface area contributed by atoms with Gasteiger partial charge in [0.25, 0.3) is 0 Å². The van der Waals surface area contributed by atoms with Gasteiger partial charge in [-0.2, -0.15) is 5.10 Å². The maximum Gasteiger partial charge on any atom is 0.151 e. The van der Waals surface area contributed by atoms with E-state index in [4.69, 9.17) is 0 Å². The summed E-state index contributed by atoms with van der Waals surface area (Å²) >= 11 is 0. The van der Waals surface area contributed by atoms with Crippen molar-refractivity contribution >= 4 is 11.6 Å². The Morgan fingerprint density at radius 3 is 2.38 bits per heavy atom. The molecule has 2 fully saturated rings. The van der Waals surface area contributed by atoms with Crippen LogP contribution in [0.3, 0.4) is 0 Å². The van der Waals surface area contributed by atoms with Crippen molar-refractivity contribution in [3.8, 4) is 0 Å². The maximum atomic E-state index is 4.54. The third-order valence-corrected chi connectivity index (χ3v) is 6.04. The summed E-state index contributed by atoms with van der Waals surface area (Å²) in [5.74, 6) is 3.46. The van der Waals surface area contributed by atoms with Crippen molar-refractivity contribution in [3.63, 3.8) is 0 Å². The third-order valence-electron chi connectivity index (χ3n) is 6.04. The lowest BCUT2D eigenvalue weighted by Gasteiger charge is -2.26. The van der Waals surface area contributed by atoms with Gasteiger partial charge in [0.15, 0.2) is 5.82 Å². The highest BCUT2D eigenvalue weighted by Gasteiger charge is 2.41. The van der Waals surface area contributed by atoms with Gasteiger partial charge in [-0.1, -0.05) is 0 Å². The maximum absolute atomic E-state index is 4.54. The van der Waals surface area contributed by atoms with Gasteiger partial charge in [-0.25, -0.2) is 9.97 Å². The first kappa shape index (κ1) is 15.9. The minimum atomic E-state index is 0.672. The minimum absolute atomic E-state index is 0.672. The van der Waals surface area contributed by atoms with Crippen molar-refractivity contribution in [1.82, 2.24) is 25.1 Å². The van der Waals surface area contributed by atoms with E-state index in [0.29, 0.717) is 11.8 Å². The van der Waals surface area contributed by atoms with Crippen LogP contribution in [0.15, 0.2) is 18.5 Å². The Labute approximate surface area is 154 Å². The van der Waals surface area contributed by atoms with Crippen LogP contribution < -0.4 is 9.80 Å². The molecule has 0 aliphatic carbocycles. The smallest absolute Gasteiger partial charge is 0.151 e. The lowest BCUT2D eigenvalue weighted by atomic mass is 10.0. The van der Waals surface area contributed by atoms with E-state index in [9.17, 15) is 0 Å². The van der Waals surface area contributed by atoms with Crippen LogP contribution in [0.4, 0.5) is 11.6 Å². The molecule has 2 aromatic rings. The summed E-state index contributed by atoms with van der Waals surface area (Å²) < 4.78 is 0. The summed E-state index contributed by atoms with van der Waals surface area (Å²) in [5.41, 5.74) is 3.55. The molecule has 0 amide bonds. The van der Waals surface area contributed by atoms with Gasteiger partial charge in [0.2, 0.25) is 0 Å². The van der Waals surface area contributed by atoms with Crippen LogP contribution >= 0.6 is 0 Å². The zero-order valence-electron chi connectivity index (χ0n) is 15.5. The highest BCUT2D eigenvalue weighted by Crippen LogP contribution is 2.35. The molecule has 2 aromatic heterocycles. The Hall–Kier alpha value is -2.28. The molecule has 2 unspecified atom stereocenters. The number of aryl methyl sites for hydroxylation is 1. The Balaban J connectivity index is 1.29. The summed E-state index contributed by atoms with van der Waals surface area (Å²) in [4.78, 5) is 15.9. The Kier molecular flexibility index (Phi) is 3.77. The first-order valence-electron chi connectivity index (χ1n) is 9.48. The molecular formula is C19H25N7. The number of aromatic nitrogens is 4. The monoisotopic (exact) mass is 351 g/mol. The van der Waals surface area contributed by atoms with Crippen LogP contribution in [0, 0.1) is 18.8 Å². The second-order valence-electron chi connectivity index (χ2n) is 8.01. The number of anilines is 2. The first-order chi connectivity index (χ1) is 12.7. The third kappa shape index (κ3) is 2.80. The van der Waals surface area contributed by atoms with Crippen LogP contribution in [0.25, 0.3) is 0 Å².